The number of rotatable bonds is 5. The van der Waals surface area contributed by atoms with Crippen molar-refractivity contribution in [2.24, 2.45) is 0 Å². The van der Waals surface area contributed by atoms with Gasteiger partial charge in [-0.1, -0.05) is 5.16 Å². The average Bonchev–Trinajstić information content (AvgIpc) is 3.40. The van der Waals surface area contributed by atoms with Crippen LogP contribution in [0.4, 0.5) is 0 Å². The Kier molecular flexibility index (Phi) is 4.26. The molecular formula is C17H18N6O3. The van der Waals surface area contributed by atoms with Crippen molar-refractivity contribution in [3.05, 3.63) is 59.0 Å². The number of hydrogen-bond donors (Lipinski definition) is 3. The van der Waals surface area contributed by atoms with Gasteiger partial charge in [-0.15, -0.1) is 0 Å². The molecule has 0 unspecified atom stereocenters. The Balaban J connectivity index is 1.40. The summed E-state index contributed by atoms with van der Waals surface area (Å²) in [4.78, 5) is 29.3. The highest BCUT2D eigenvalue weighted by Gasteiger charge is 2.26. The Hall–Kier alpha value is -3.36. The molecule has 3 aromatic rings. The molecule has 0 aromatic carbocycles. The third-order valence-electron chi connectivity index (χ3n) is 4.42. The van der Waals surface area contributed by atoms with Gasteiger partial charge in [-0.05, 0) is 12.1 Å². The van der Waals surface area contributed by atoms with E-state index in [0.29, 0.717) is 37.4 Å². The van der Waals surface area contributed by atoms with Gasteiger partial charge in [0.2, 0.25) is 5.91 Å². The summed E-state index contributed by atoms with van der Waals surface area (Å²) in [6.07, 6.45) is 4.03. The highest BCUT2D eigenvalue weighted by Crippen LogP contribution is 2.21. The smallest absolute Gasteiger partial charge is 0.270 e. The molecular weight excluding hydrogens is 336 g/mol. The molecule has 0 spiro atoms. The van der Waals surface area contributed by atoms with Gasteiger partial charge in [-0.25, -0.2) is 0 Å². The van der Waals surface area contributed by atoms with Crippen LogP contribution in [0.2, 0.25) is 0 Å². The van der Waals surface area contributed by atoms with Crippen LogP contribution in [0.25, 0.3) is 0 Å². The second-order valence-corrected chi connectivity index (χ2v) is 6.13. The lowest BCUT2D eigenvalue weighted by Crippen LogP contribution is -2.36. The monoisotopic (exact) mass is 354 g/mol. The molecule has 3 aromatic heterocycles. The van der Waals surface area contributed by atoms with E-state index in [1.165, 1.54) is 6.26 Å². The standard InChI is InChI=1S/C17H18N6O3/c24-16(8-11-4-7-26-22-11)19-9-15-12-10-23(6-3-13(12)20-21-15)17(25)14-2-1-5-18-14/h1-2,4-5,7,18H,3,6,8-10H2,(H,19,24)(H,20,21). The van der Waals surface area contributed by atoms with Gasteiger partial charge in [-0.2, -0.15) is 5.10 Å². The van der Waals surface area contributed by atoms with E-state index in [9.17, 15) is 9.59 Å². The normalized spacial score (nSPS) is 13.5. The summed E-state index contributed by atoms with van der Waals surface area (Å²) in [6, 6.07) is 5.22. The van der Waals surface area contributed by atoms with E-state index in [-0.39, 0.29) is 18.2 Å². The van der Waals surface area contributed by atoms with Crippen molar-refractivity contribution in [1.29, 1.82) is 0 Å². The molecule has 26 heavy (non-hydrogen) atoms. The Labute approximate surface area is 148 Å². The molecule has 4 rings (SSSR count). The lowest BCUT2D eigenvalue weighted by molar-refractivity contribution is -0.120. The van der Waals surface area contributed by atoms with Crippen LogP contribution in [0.5, 0.6) is 0 Å². The maximum absolute atomic E-state index is 12.5. The third kappa shape index (κ3) is 3.23. The van der Waals surface area contributed by atoms with E-state index in [1.54, 1.807) is 29.3 Å². The third-order valence-corrected chi connectivity index (χ3v) is 4.42. The van der Waals surface area contributed by atoms with Crippen LogP contribution in [0, 0.1) is 0 Å². The molecule has 0 fully saturated rings. The van der Waals surface area contributed by atoms with Crippen molar-refractivity contribution in [3.63, 3.8) is 0 Å². The van der Waals surface area contributed by atoms with Gasteiger partial charge in [0.1, 0.15) is 12.0 Å². The number of fused-ring (bicyclic) bond motifs is 1. The predicted molar refractivity (Wildman–Crippen MR) is 89.9 cm³/mol. The molecule has 0 aliphatic carbocycles. The number of hydrogen-bond acceptors (Lipinski definition) is 5. The fraction of sp³-hybridized carbons (Fsp3) is 0.294. The van der Waals surface area contributed by atoms with Gasteiger partial charge in [0.25, 0.3) is 5.91 Å². The number of aromatic nitrogens is 4. The molecule has 1 aliphatic heterocycles. The Morgan fingerprint density at radius 1 is 1.35 bits per heavy atom. The van der Waals surface area contributed by atoms with E-state index in [4.69, 9.17) is 4.52 Å². The maximum Gasteiger partial charge on any atom is 0.270 e. The van der Waals surface area contributed by atoms with Crippen molar-refractivity contribution in [1.82, 2.24) is 30.6 Å². The number of amides is 2. The Morgan fingerprint density at radius 2 is 2.27 bits per heavy atom. The summed E-state index contributed by atoms with van der Waals surface area (Å²) < 4.78 is 4.72. The van der Waals surface area contributed by atoms with E-state index >= 15 is 0 Å². The first-order valence-electron chi connectivity index (χ1n) is 8.34. The number of H-pyrrole nitrogens is 2. The van der Waals surface area contributed by atoms with Crippen LogP contribution in [0.15, 0.2) is 35.2 Å². The lowest BCUT2D eigenvalue weighted by atomic mass is 10.0. The first-order valence-corrected chi connectivity index (χ1v) is 8.34. The first kappa shape index (κ1) is 16.1. The SMILES string of the molecule is O=C(Cc1ccon1)NCc1n[nH]c2c1CN(C(=O)c1ccc[nH]1)CC2. The highest BCUT2D eigenvalue weighted by atomic mass is 16.5. The second kappa shape index (κ2) is 6.87. The molecule has 0 radical (unpaired) electrons. The van der Waals surface area contributed by atoms with E-state index in [0.717, 1.165) is 17.0 Å². The van der Waals surface area contributed by atoms with Gasteiger partial charge < -0.3 is 19.7 Å². The number of carbonyl (C=O) groups excluding carboxylic acids is 2. The Bertz CT molecular complexity index is 897. The second-order valence-electron chi connectivity index (χ2n) is 6.13. The van der Waals surface area contributed by atoms with Gasteiger partial charge in [0.15, 0.2) is 0 Å². The summed E-state index contributed by atoms with van der Waals surface area (Å²) in [5.74, 6) is -0.200. The number of nitrogens with one attached hydrogen (secondary N) is 3. The molecule has 9 nitrogen and oxygen atoms in total. The predicted octanol–water partition coefficient (Wildman–Crippen LogP) is 0.783. The quantitative estimate of drug-likeness (QED) is 0.625. The zero-order valence-corrected chi connectivity index (χ0v) is 14.0. The van der Waals surface area contributed by atoms with Crippen molar-refractivity contribution in [3.8, 4) is 0 Å². The molecule has 0 bridgehead atoms. The summed E-state index contributed by atoms with van der Waals surface area (Å²) >= 11 is 0. The van der Waals surface area contributed by atoms with Crippen molar-refractivity contribution in [2.75, 3.05) is 6.54 Å². The zero-order chi connectivity index (χ0) is 17.9. The molecule has 3 N–H and O–H groups in total. The Morgan fingerprint density at radius 3 is 3.04 bits per heavy atom. The van der Waals surface area contributed by atoms with Gasteiger partial charge >= 0.3 is 0 Å². The maximum atomic E-state index is 12.5. The van der Waals surface area contributed by atoms with Crippen LogP contribution < -0.4 is 5.32 Å². The topological polar surface area (TPSA) is 120 Å². The summed E-state index contributed by atoms with van der Waals surface area (Å²) in [5.41, 5.74) is 3.88. The minimum Gasteiger partial charge on any atom is -0.364 e. The molecule has 0 saturated carbocycles. The summed E-state index contributed by atoms with van der Waals surface area (Å²) in [6.45, 7) is 1.40. The molecule has 1 aliphatic rings. The minimum atomic E-state index is -0.161. The fourth-order valence-electron chi connectivity index (χ4n) is 3.05. The van der Waals surface area contributed by atoms with Gasteiger partial charge in [0.05, 0.1) is 24.4 Å². The van der Waals surface area contributed by atoms with Crippen LogP contribution >= 0.6 is 0 Å². The van der Waals surface area contributed by atoms with Crippen molar-refractivity contribution < 1.29 is 14.1 Å². The summed E-state index contributed by atoms with van der Waals surface area (Å²) in [5, 5.41) is 13.9. The zero-order valence-electron chi connectivity index (χ0n) is 14.0. The molecule has 2 amide bonds. The van der Waals surface area contributed by atoms with Gasteiger partial charge in [-0.3, -0.25) is 14.7 Å². The molecule has 134 valence electrons. The van der Waals surface area contributed by atoms with Crippen LogP contribution in [0.3, 0.4) is 0 Å². The first-order chi connectivity index (χ1) is 12.7. The van der Waals surface area contributed by atoms with Gasteiger partial charge in [0, 0.05) is 43.0 Å². The molecule has 0 saturated heterocycles. The highest BCUT2D eigenvalue weighted by molar-refractivity contribution is 5.92. The number of carbonyl (C=O) groups is 2. The lowest BCUT2D eigenvalue weighted by Gasteiger charge is -2.26. The van der Waals surface area contributed by atoms with Crippen molar-refractivity contribution >= 4 is 11.8 Å². The van der Waals surface area contributed by atoms with Crippen LogP contribution in [-0.4, -0.2) is 43.6 Å². The molecule has 0 atom stereocenters. The molecule has 9 heteroatoms. The van der Waals surface area contributed by atoms with E-state index < -0.39 is 0 Å². The fourth-order valence-corrected chi connectivity index (χ4v) is 3.05. The molecule has 4 heterocycles. The largest absolute Gasteiger partial charge is 0.364 e. The number of aromatic amines is 2. The summed E-state index contributed by atoms with van der Waals surface area (Å²) in [7, 11) is 0. The van der Waals surface area contributed by atoms with E-state index in [2.05, 4.69) is 25.7 Å². The van der Waals surface area contributed by atoms with Crippen molar-refractivity contribution in [2.45, 2.75) is 25.9 Å². The van der Waals surface area contributed by atoms with E-state index in [1.807, 2.05) is 0 Å². The minimum absolute atomic E-state index is 0.0390. The van der Waals surface area contributed by atoms with Crippen LogP contribution in [-0.2, 0) is 30.7 Å². The van der Waals surface area contributed by atoms with Crippen LogP contribution in [0.1, 0.15) is 33.1 Å². The number of nitrogens with zero attached hydrogens (tertiary/aromatic N) is 3. The average molecular weight is 354 g/mol.